The lowest BCUT2D eigenvalue weighted by molar-refractivity contribution is -0.147. The predicted octanol–water partition coefficient (Wildman–Crippen LogP) is 2.31. The molecule has 0 aliphatic carbocycles. The van der Waals surface area contributed by atoms with Gasteiger partial charge in [-0.05, 0) is 32.3 Å². The number of rotatable bonds is 4. The van der Waals surface area contributed by atoms with Crippen molar-refractivity contribution in [3.8, 4) is 0 Å². The quantitative estimate of drug-likeness (QED) is 0.941. The molecule has 0 bridgehead atoms. The molecule has 2 aromatic rings. The van der Waals surface area contributed by atoms with Gasteiger partial charge in [0.2, 0.25) is 5.82 Å². The molecule has 0 unspecified atom stereocenters. The van der Waals surface area contributed by atoms with E-state index in [4.69, 9.17) is 5.11 Å². The number of carboxylic acid groups (broad SMARTS) is 1. The van der Waals surface area contributed by atoms with Gasteiger partial charge in [-0.3, -0.25) is 0 Å². The Morgan fingerprint density at radius 1 is 1.38 bits per heavy atom. The lowest BCUT2D eigenvalue weighted by atomic mass is 10.2. The second-order valence-electron chi connectivity index (χ2n) is 4.90. The van der Waals surface area contributed by atoms with E-state index in [-0.39, 0.29) is 23.1 Å². The first-order valence-electron chi connectivity index (χ1n) is 6.15. The third-order valence-corrected chi connectivity index (χ3v) is 3.02. The average Bonchev–Trinajstić information content (AvgIpc) is 2.73. The maximum atomic E-state index is 13.1. The van der Waals surface area contributed by atoms with Gasteiger partial charge in [-0.25, -0.2) is 9.78 Å². The third kappa shape index (κ3) is 3.15. The number of alkyl halides is 3. The van der Waals surface area contributed by atoms with Crippen LogP contribution in [0.5, 0.6) is 0 Å². The first kappa shape index (κ1) is 15.3. The van der Waals surface area contributed by atoms with E-state index in [9.17, 15) is 18.0 Å². The summed E-state index contributed by atoms with van der Waals surface area (Å²) < 4.78 is 40.2. The van der Waals surface area contributed by atoms with E-state index >= 15 is 0 Å². The second kappa shape index (κ2) is 5.36. The van der Waals surface area contributed by atoms with Gasteiger partial charge in [0.1, 0.15) is 0 Å². The fourth-order valence-corrected chi connectivity index (χ4v) is 2.01. The molecule has 0 saturated heterocycles. The van der Waals surface area contributed by atoms with Crippen LogP contribution in [0, 0.1) is 0 Å². The van der Waals surface area contributed by atoms with Gasteiger partial charge in [0.05, 0.1) is 16.6 Å². The number of imidazole rings is 1. The number of halogens is 3. The fourth-order valence-electron chi connectivity index (χ4n) is 2.01. The minimum Gasteiger partial charge on any atom is -0.478 e. The summed E-state index contributed by atoms with van der Waals surface area (Å²) >= 11 is 0. The van der Waals surface area contributed by atoms with Crippen LogP contribution in [0.15, 0.2) is 18.2 Å². The number of hydrogen-bond donors (Lipinski definition) is 1. The van der Waals surface area contributed by atoms with E-state index in [0.717, 1.165) is 10.6 Å². The molecule has 0 radical (unpaired) electrons. The standard InChI is InChI=1S/C13H14F3N3O2/c1-18(2)5-6-19-10-4-3-8(11(20)21)7-9(10)17-12(19)13(14,15)16/h3-4,7H,5-6H2,1-2H3,(H,20,21). The molecule has 0 atom stereocenters. The summed E-state index contributed by atoms with van der Waals surface area (Å²) in [6.07, 6.45) is -4.59. The van der Waals surface area contributed by atoms with Crippen molar-refractivity contribution in [2.24, 2.45) is 0 Å². The Balaban J connectivity index is 2.58. The lowest BCUT2D eigenvalue weighted by Crippen LogP contribution is -2.22. The highest BCUT2D eigenvalue weighted by molar-refractivity contribution is 5.92. The Morgan fingerprint density at radius 3 is 2.57 bits per heavy atom. The van der Waals surface area contributed by atoms with Crippen LogP contribution >= 0.6 is 0 Å². The number of aromatic nitrogens is 2. The summed E-state index contributed by atoms with van der Waals surface area (Å²) in [5, 5.41) is 8.89. The van der Waals surface area contributed by atoms with Gasteiger partial charge in [0.25, 0.3) is 0 Å². The minimum atomic E-state index is -4.59. The third-order valence-electron chi connectivity index (χ3n) is 3.02. The fraction of sp³-hybridized carbons (Fsp3) is 0.385. The zero-order chi connectivity index (χ0) is 15.8. The molecular formula is C13H14F3N3O2. The topological polar surface area (TPSA) is 58.4 Å². The molecule has 1 N–H and O–H groups in total. The number of hydrogen-bond acceptors (Lipinski definition) is 3. The smallest absolute Gasteiger partial charge is 0.449 e. The Kier molecular flexibility index (Phi) is 3.91. The van der Waals surface area contributed by atoms with E-state index < -0.39 is 18.0 Å². The van der Waals surface area contributed by atoms with Crippen LogP contribution in [0.2, 0.25) is 0 Å². The number of carboxylic acids is 1. The van der Waals surface area contributed by atoms with Crippen LogP contribution in [0.25, 0.3) is 11.0 Å². The number of likely N-dealkylation sites (N-methyl/N-ethyl adjacent to an activating group) is 1. The molecule has 1 aromatic carbocycles. The van der Waals surface area contributed by atoms with E-state index in [1.807, 2.05) is 0 Å². The highest BCUT2D eigenvalue weighted by atomic mass is 19.4. The van der Waals surface area contributed by atoms with Gasteiger partial charge in [0.15, 0.2) is 0 Å². The minimum absolute atomic E-state index is 0.0287. The highest BCUT2D eigenvalue weighted by Gasteiger charge is 2.37. The Labute approximate surface area is 118 Å². The molecule has 0 spiro atoms. The van der Waals surface area contributed by atoms with E-state index in [1.54, 1.807) is 19.0 Å². The van der Waals surface area contributed by atoms with Crippen LogP contribution < -0.4 is 0 Å². The summed E-state index contributed by atoms with van der Waals surface area (Å²) in [7, 11) is 3.52. The molecule has 2 rings (SSSR count). The monoisotopic (exact) mass is 301 g/mol. The largest absolute Gasteiger partial charge is 0.478 e. The zero-order valence-electron chi connectivity index (χ0n) is 11.5. The Bertz CT molecular complexity index is 677. The highest BCUT2D eigenvalue weighted by Crippen LogP contribution is 2.31. The van der Waals surface area contributed by atoms with Gasteiger partial charge in [0, 0.05) is 13.1 Å². The van der Waals surface area contributed by atoms with E-state index in [0.29, 0.717) is 6.54 Å². The normalized spacial score (nSPS) is 12.3. The number of fused-ring (bicyclic) bond motifs is 1. The SMILES string of the molecule is CN(C)CCn1c(C(F)(F)F)nc2cc(C(=O)O)ccc21. The number of nitrogens with zero attached hydrogens (tertiary/aromatic N) is 3. The molecule has 0 fully saturated rings. The maximum absolute atomic E-state index is 13.1. The number of aromatic carboxylic acids is 1. The van der Waals surface area contributed by atoms with Crippen LogP contribution in [-0.4, -0.2) is 46.2 Å². The first-order chi connectivity index (χ1) is 9.70. The van der Waals surface area contributed by atoms with Crippen molar-refractivity contribution in [1.29, 1.82) is 0 Å². The first-order valence-corrected chi connectivity index (χ1v) is 6.15. The summed E-state index contributed by atoms with van der Waals surface area (Å²) in [6.45, 7) is 0.528. The predicted molar refractivity (Wildman–Crippen MR) is 70.2 cm³/mol. The molecular weight excluding hydrogens is 287 g/mol. The van der Waals surface area contributed by atoms with Crippen LogP contribution in [0.3, 0.4) is 0 Å². The summed E-state index contributed by atoms with van der Waals surface area (Å²) in [5.74, 6) is -2.21. The van der Waals surface area contributed by atoms with E-state index in [2.05, 4.69) is 4.98 Å². The zero-order valence-corrected chi connectivity index (χ0v) is 11.5. The molecule has 8 heteroatoms. The van der Waals surface area contributed by atoms with Gasteiger partial charge in [-0.2, -0.15) is 13.2 Å². The Morgan fingerprint density at radius 2 is 2.05 bits per heavy atom. The molecule has 114 valence electrons. The molecule has 5 nitrogen and oxygen atoms in total. The van der Waals surface area contributed by atoms with Crippen LogP contribution in [0.4, 0.5) is 13.2 Å². The van der Waals surface area contributed by atoms with E-state index in [1.165, 1.54) is 12.1 Å². The average molecular weight is 301 g/mol. The molecule has 21 heavy (non-hydrogen) atoms. The second-order valence-corrected chi connectivity index (χ2v) is 4.90. The van der Waals surface area contributed by atoms with Gasteiger partial charge < -0.3 is 14.6 Å². The van der Waals surface area contributed by atoms with Crippen molar-refractivity contribution in [2.45, 2.75) is 12.7 Å². The maximum Gasteiger partial charge on any atom is 0.449 e. The van der Waals surface area contributed by atoms with Crippen molar-refractivity contribution in [2.75, 3.05) is 20.6 Å². The van der Waals surface area contributed by atoms with Crippen molar-refractivity contribution >= 4 is 17.0 Å². The molecule has 0 aliphatic heterocycles. The Hall–Kier alpha value is -2.09. The van der Waals surface area contributed by atoms with Gasteiger partial charge >= 0.3 is 12.1 Å². The number of benzene rings is 1. The van der Waals surface area contributed by atoms with Crippen LogP contribution in [-0.2, 0) is 12.7 Å². The molecule has 1 heterocycles. The number of carbonyl (C=O) groups is 1. The van der Waals surface area contributed by atoms with Crippen LogP contribution in [0.1, 0.15) is 16.2 Å². The molecule has 0 amide bonds. The van der Waals surface area contributed by atoms with Gasteiger partial charge in [-0.1, -0.05) is 0 Å². The van der Waals surface area contributed by atoms with Gasteiger partial charge in [-0.15, -0.1) is 0 Å². The van der Waals surface area contributed by atoms with Crippen molar-refractivity contribution < 1.29 is 23.1 Å². The molecule has 0 aliphatic rings. The van der Waals surface area contributed by atoms with Crippen molar-refractivity contribution in [3.63, 3.8) is 0 Å². The molecule has 0 saturated carbocycles. The van der Waals surface area contributed by atoms with Crippen molar-refractivity contribution in [3.05, 3.63) is 29.6 Å². The van der Waals surface area contributed by atoms with Crippen molar-refractivity contribution in [1.82, 2.24) is 14.5 Å². The lowest BCUT2D eigenvalue weighted by Gasteiger charge is -2.14. The summed E-state index contributed by atoms with van der Waals surface area (Å²) in [4.78, 5) is 16.2. The molecule has 1 aromatic heterocycles. The summed E-state index contributed by atoms with van der Waals surface area (Å²) in [6, 6.07) is 3.79. The summed E-state index contributed by atoms with van der Waals surface area (Å²) in [5.41, 5.74) is 0.212.